The Morgan fingerprint density at radius 2 is 1.90 bits per heavy atom. The molecule has 1 aliphatic rings. The third-order valence-corrected chi connectivity index (χ3v) is 4.71. The van der Waals surface area contributed by atoms with Gasteiger partial charge in [0.15, 0.2) is 11.6 Å². The number of nitrogens with zero attached hydrogens (tertiary/aromatic N) is 1. The molecule has 2 N–H and O–H groups in total. The molecule has 1 saturated heterocycles. The van der Waals surface area contributed by atoms with Crippen LogP contribution in [0, 0.1) is 23.5 Å². The van der Waals surface area contributed by atoms with Crippen LogP contribution in [0.15, 0.2) is 18.2 Å². The molecule has 21 heavy (non-hydrogen) atoms. The minimum absolute atomic E-state index is 0.284. The Morgan fingerprint density at radius 3 is 2.52 bits per heavy atom. The second kappa shape index (κ2) is 7.32. The van der Waals surface area contributed by atoms with Crippen molar-refractivity contribution < 1.29 is 8.78 Å². The Labute approximate surface area is 126 Å². The molecule has 1 aromatic rings. The molecule has 0 radical (unpaired) electrons. The van der Waals surface area contributed by atoms with Crippen LogP contribution in [-0.2, 0) is 0 Å². The number of benzene rings is 1. The molecular formula is C17H26F2N2. The molecule has 2 nitrogen and oxygen atoms in total. The zero-order valence-electron chi connectivity index (χ0n) is 13.0. The Kier molecular flexibility index (Phi) is 5.71. The van der Waals surface area contributed by atoms with E-state index in [1.165, 1.54) is 18.9 Å². The van der Waals surface area contributed by atoms with Gasteiger partial charge in [-0.3, -0.25) is 0 Å². The van der Waals surface area contributed by atoms with Gasteiger partial charge in [-0.25, -0.2) is 8.78 Å². The summed E-state index contributed by atoms with van der Waals surface area (Å²) in [5.41, 5.74) is 6.31. The summed E-state index contributed by atoms with van der Waals surface area (Å²) in [6.45, 7) is 7.58. The molecule has 0 bridgehead atoms. The van der Waals surface area contributed by atoms with E-state index in [4.69, 9.17) is 5.73 Å². The number of nitrogens with two attached hydrogens (primary N) is 1. The first-order valence-electron chi connectivity index (χ1n) is 7.91. The van der Waals surface area contributed by atoms with Gasteiger partial charge in [0.1, 0.15) is 0 Å². The highest BCUT2D eigenvalue weighted by Crippen LogP contribution is 2.25. The Hall–Kier alpha value is -1.00. The lowest BCUT2D eigenvalue weighted by atomic mass is 9.86. The van der Waals surface area contributed by atoms with E-state index in [1.54, 1.807) is 6.07 Å². The van der Waals surface area contributed by atoms with Gasteiger partial charge in [-0.05, 0) is 56.8 Å². The average Bonchev–Trinajstić information content (AvgIpc) is 2.48. The maximum Gasteiger partial charge on any atom is 0.163 e. The first-order chi connectivity index (χ1) is 9.99. The van der Waals surface area contributed by atoms with Crippen molar-refractivity contribution in [2.24, 2.45) is 17.6 Å². The number of rotatable bonds is 5. The molecule has 0 aliphatic carbocycles. The third-order valence-electron chi connectivity index (χ3n) is 4.71. The molecule has 1 aromatic carbocycles. The first kappa shape index (κ1) is 16.4. The van der Waals surface area contributed by atoms with Gasteiger partial charge in [0.25, 0.3) is 0 Å². The molecule has 1 heterocycles. The maximum absolute atomic E-state index is 13.7. The quantitative estimate of drug-likeness (QED) is 0.897. The number of likely N-dealkylation sites (tertiary alicyclic amines) is 1. The molecular weight excluding hydrogens is 270 g/mol. The van der Waals surface area contributed by atoms with Gasteiger partial charge in [-0.15, -0.1) is 0 Å². The lowest BCUT2D eigenvalue weighted by molar-refractivity contribution is 0.154. The molecule has 0 amide bonds. The lowest BCUT2D eigenvalue weighted by Crippen LogP contribution is -2.36. The average molecular weight is 296 g/mol. The van der Waals surface area contributed by atoms with E-state index in [2.05, 4.69) is 18.7 Å². The van der Waals surface area contributed by atoms with Crippen LogP contribution in [0.3, 0.4) is 0 Å². The molecule has 118 valence electrons. The van der Waals surface area contributed by atoms with Crippen LogP contribution in [0.4, 0.5) is 8.78 Å². The summed E-state index contributed by atoms with van der Waals surface area (Å²) in [5, 5.41) is 0. The van der Waals surface area contributed by atoms with E-state index in [9.17, 15) is 8.78 Å². The van der Waals surface area contributed by atoms with Crippen molar-refractivity contribution in [3.63, 3.8) is 0 Å². The standard InChI is InChI=1S/C17H26F2N2/c1-12(2)13-6-9-21(10-7-13)11-8-16(20)14-4-3-5-15(18)17(14)19/h3-5,12-13,16H,6-11,20H2,1-2H3. The van der Waals surface area contributed by atoms with Crippen molar-refractivity contribution in [2.75, 3.05) is 19.6 Å². The zero-order chi connectivity index (χ0) is 15.4. The lowest BCUT2D eigenvalue weighted by Gasteiger charge is -2.34. The summed E-state index contributed by atoms with van der Waals surface area (Å²) in [6.07, 6.45) is 3.11. The van der Waals surface area contributed by atoms with E-state index in [0.717, 1.165) is 37.5 Å². The zero-order valence-corrected chi connectivity index (χ0v) is 13.0. The van der Waals surface area contributed by atoms with Crippen LogP contribution in [0.5, 0.6) is 0 Å². The first-order valence-corrected chi connectivity index (χ1v) is 7.91. The summed E-state index contributed by atoms with van der Waals surface area (Å²) in [4.78, 5) is 2.38. The smallest absolute Gasteiger partial charge is 0.163 e. The summed E-state index contributed by atoms with van der Waals surface area (Å²) in [7, 11) is 0. The highest BCUT2D eigenvalue weighted by Gasteiger charge is 2.22. The van der Waals surface area contributed by atoms with Crippen LogP contribution in [0.1, 0.15) is 44.7 Å². The highest BCUT2D eigenvalue weighted by atomic mass is 19.2. The van der Waals surface area contributed by atoms with Gasteiger partial charge in [-0.2, -0.15) is 0 Å². The number of hydrogen-bond acceptors (Lipinski definition) is 2. The van der Waals surface area contributed by atoms with Crippen molar-refractivity contribution in [1.82, 2.24) is 4.90 Å². The van der Waals surface area contributed by atoms with E-state index >= 15 is 0 Å². The molecule has 4 heteroatoms. The SMILES string of the molecule is CC(C)C1CCN(CCC(N)c2cccc(F)c2F)CC1. The number of piperidine rings is 1. The van der Waals surface area contributed by atoms with E-state index in [0.29, 0.717) is 6.42 Å². The Bertz CT molecular complexity index is 454. The van der Waals surface area contributed by atoms with Crippen LogP contribution in [0.25, 0.3) is 0 Å². The van der Waals surface area contributed by atoms with Crippen LogP contribution in [-0.4, -0.2) is 24.5 Å². The Morgan fingerprint density at radius 1 is 1.24 bits per heavy atom. The molecule has 1 unspecified atom stereocenters. The second-order valence-corrected chi connectivity index (χ2v) is 6.46. The molecule has 1 fully saturated rings. The van der Waals surface area contributed by atoms with Gasteiger partial charge >= 0.3 is 0 Å². The molecule has 2 rings (SSSR count). The molecule has 0 aromatic heterocycles. The van der Waals surface area contributed by atoms with Crippen LogP contribution < -0.4 is 5.73 Å². The fourth-order valence-electron chi connectivity index (χ4n) is 3.13. The largest absolute Gasteiger partial charge is 0.324 e. The number of hydrogen-bond donors (Lipinski definition) is 1. The van der Waals surface area contributed by atoms with Crippen LogP contribution >= 0.6 is 0 Å². The number of halogens is 2. The molecule has 0 spiro atoms. The van der Waals surface area contributed by atoms with Crippen molar-refractivity contribution >= 4 is 0 Å². The highest BCUT2D eigenvalue weighted by molar-refractivity contribution is 5.22. The normalized spacial score (nSPS) is 19.1. The van der Waals surface area contributed by atoms with Gasteiger partial charge < -0.3 is 10.6 Å². The molecule has 1 aliphatic heterocycles. The van der Waals surface area contributed by atoms with Crippen molar-refractivity contribution in [1.29, 1.82) is 0 Å². The second-order valence-electron chi connectivity index (χ2n) is 6.46. The van der Waals surface area contributed by atoms with Crippen molar-refractivity contribution in [3.05, 3.63) is 35.4 Å². The fraction of sp³-hybridized carbons (Fsp3) is 0.647. The van der Waals surface area contributed by atoms with E-state index in [1.807, 2.05) is 0 Å². The van der Waals surface area contributed by atoms with Crippen molar-refractivity contribution in [2.45, 2.75) is 39.2 Å². The Balaban J connectivity index is 1.82. The minimum Gasteiger partial charge on any atom is -0.324 e. The summed E-state index contributed by atoms with van der Waals surface area (Å²) in [5.74, 6) is -0.0596. The summed E-state index contributed by atoms with van der Waals surface area (Å²) in [6, 6.07) is 3.78. The van der Waals surface area contributed by atoms with Gasteiger partial charge in [0.2, 0.25) is 0 Å². The minimum atomic E-state index is -0.819. The molecule has 0 saturated carbocycles. The summed E-state index contributed by atoms with van der Waals surface area (Å²) >= 11 is 0. The van der Waals surface area contributed by atoms with Gasteiger partial charge in [0.05, 0.1) is 0 Å². The summed E-state index contributed by atoms with van der Waals surface area (Å²) < 4.78 is 26.9. The fourth-order valence-corrected chi connectivity index (χ4v) is 3.13. The topological polar surface area (TPSA) is 29.3 Å². The van der Waals surface area contributed by atoms with Gasteiger partial charge in [-0.1, -0.05) is 26.0 Å². The van der Waals surface area contributed by atoms with Crippen LogP contribution in [0.2, 0.25) is 0 Å². The third kappa shape index (κ3) is 4.24. The molecule has 1 atom stereocenters. The predicted octanol–water partition coefficient (Wildman–Crippen LogP) is 3.72. The monoisotopic (exact) mass is 296 g/mol. The van der Waals surface area contributed by atoms with E-state index < -0.39 is 17.7 Å². The maximum atomic E-state index is 13.7. The van der Waals surface area contributed by atoms with Crippen molar-refractivity contribution in [3.8, 4) is 0 Å². The predicted molar refractivity (Wildman–Crippen MR) is 81.9 cm³/mol. The van der Waals surface area contributed by atoms with E-state index in [-0.39, 0.29) is 5.56 Å². The van der Waals surface area contributed by atoms with Gasteiger partial charge in [0, 0.05) is 11.6 Å².